The van der Waals surface area contributed by atoms with Crippen LogP contribution in [0.15, 0.2) is 24.5 Å². The Labute approximate surface area is 132 Å². The smallest absolute Gasteiger partial charge is 0.139 e. The Hall–Kier alpha value is -1.88. The van der Waals surface area contributed by atoms with Gasteiger partial charge in [0.2, 0.25) is 0 Å². The van der Waals surface area contributed by atoms with Gasteiger partial charge in [-0.05, 0) is 32.0 Å². The third kappa shape index (κ3) is 2.86. The third-order valence-electron chi connectivity index (χ3n) is 4.43. The lowest BCUT2D eigenvalue weighted by molar-refractivity contribution is 0.209. The minimum atomic E-state index is 0.632. The van der Waals surface area contributed by atoms with E-state index in [9.17, 15) is 0 Å². The number of benzene rings is 1. The fourth-order valence-electron chi connectivity index (χ4n) is 3.08. The molecule has 5 heteroatoms. The van der Waals surface area contributed by atoms with Gasteiger partial charge in [-0.2, -0.15) is 0 Å². The second-order valence-corrected chi connectivity index (χ2v) is 6.41. The minimum Gasteiger partial charge on any atom is -0.369 e. The Morgan fingerprint density at radius 2 is 1.77 bits per heavy atom. The molecular weight excluding hydrogens is 274 g/mol. The van der Waals surface area contributed by atoms with Crippen LogP contribution in [0.1, 0.15) is 13.8 Å². The van der Waals surface area contributed by atoms with E-state index in [2.05, 4.69) is 51.8 Å². The molecule has 22 heavy (non-hydrogen) atoms. The topological polar surface area (TPSA) is 35.5 Å². The van der Waals surface area contributed by atoms with Crippen LogP contribution in [-0.4, -0.2) is 61.2 Å². The number of nitrogens with zero attached hydrogens (tertiary/aromatic N) is 5. The molecule has 1 saturated heterocycles. The minimum absolute atomic E-state index is 0.632. The van der Waals surface area contributed by atoms with Crippen molar-refractivity contribution in [2.45, 2.75) is 19.9 Å². The second kappa shape index (κ2) is 6.08. The summed E-state index contributed by atoms with van der Waals surface area (Å²) in [6.45, 7) is 8.95. The summed E-state index contributed by atoms with van der Waals surface area (Å²) in [4.78, 5) is 15.8. The third-order valence-corrected chi connectivity index (χ3v) is 4.43. The van der Waals surface area contributed by atoms with Gasteiger partial charge >= 0.3 is 0 Å². The van der Waals surface area contributed by atoms with E-state index in [1.54, 1.807) is 6.33 Å². The van der Waals surface area contributed by atoms with Crippen LogP contribution in [0.3, 0.4) is 0 Å². The van der Waals surface area contributed by atoms with E-state index < -0.39 is 0 Å². The summed E-state index contributed by atoms with van der Waals surface area (Å²) in [5.41, 5.74) is 2.28. The summed E-state index contributed by atoms with van der Waals surface area (Å²) in [7, 11) is 4.05. The zero-order chi connectivity index (χ0) is 15.7. The number of piperazine rings is 1. The molecule has 0 unspecified atom stereocenters. The van der Waals surface area contributed by atoms with Gasteiger partial charge in [-0.3, -0.25) is 4.90 Å². The molecule has 0 amide bonds. The van der Waals surface area contributed by atoms with Gasteiger partial charge < -0.3 is 9.80 Å². The molecule has 1 aliphatic rings. The van der Waals surface area contributed by atoms with Crippen molar-refractivity contribution >= 4 is 22.4 Å². The van der Waals surface area contributed by atoms with Gasteiger partial charge in [-0.15, -0.1) is 0 Å². The number of fused-ring (bicyclic) bond motifs is 1. The highest BCUT2D eigenvalue weighted by Crippen LogP contribution is 2.27. The van der Waals surface area contributed by atoms with E-state index in [1.165, 1.54) is 5.69 Å². The summed E-state index contributed by atoms with van der Waals surface area (Å²) in [6, 6.07) is 7.15. The Balaban J connectivity index is 1.88. The molecule has 1 aromatic carbocycles. The van der Waals surface area contributed by atoms with Crippen LogP contribution >= 0.6 is 0 Å². The maximum absolute atomic E-state index is 4.42. The number of hydrogen-bond donors (Lipinski definition) is 0. The normalized spacial score (nSPS) is 16.5. The predicted octanol–water partition coefficient (Wildman–Crippen LogP) is 2.23. The molecule has 0 atom stereocenters. The first-order valence-corrected chi connectivity index (χ1v) is 7.97. The van der Waals surface area contributed by atoms with Gasteiger partial charge in [-0.1, -0.05) is 0 Å². The van der Waals surface area contributed by atoms with Crippen LogP contribution in [0, 0.1) is 0 Å². The molecule has 2 heterocycles. The van der Waals surface area contributed by atoms with Gasteiger partial charge in [0.05, 0.1) is 5.52 Å². The molecule has 0 spiro atoms. The molecule has 2 aromatic rings. The molecule has 3 rings (SSSR count). The van der Waals surface area contributed by atoms with E-state index in [1.807, 2.05) is 19.0 Å². The molecule has 0 bridgehead atoms. The molecule has 0 radical (unpaired) electrons. The molecule has 5 nitrogen and oxygen atoms in total. The van der Waals surface area contributed by atoms with E-state index in [-0.39, 0.29) is 0 Å². The van der Waals surface area contributed by atoms with Gasteiger partial charge in [0.1, 0.15) is 12.1 Å². The molecule has 1 aliphatic heterocycles. The van der Waals surface area contributed by atoms with Crippen LogP contribution in [0.5, 0.6) is 0 Å². The van der Waals surface area contributed by atoms with E-state index >= 15 is 0 Å². The lowest BCUT2D eigenvalue weighted by Gasteiger charge is -2.38. The molecule has 1 aromatic heterocycles. The van der Waals surface area contributed by atoms with Gasteiger partial charge in [-0.25, -0.2) is 9.97 Å². The van der Waals surface area contributed by atoms with Gasteiger partial charge in [0, 0.05) is 57.4 Å². The number of anilines is 2. The Morgan fingerprint density at radius 1 is 1.05 bits per heavy atom. The first kappa shape index (κ1) is 15.0. The van der Waals surface area contributed by atoms with Crippen molar-refractivity contribution in [1.29, 1.82) is 0 Å². The first-order valence-electron chi connectivity index (χ1n) is 7.97. The van der Waals surface area contributed by atoms with Crippen molar-refractivity contribution < 1.29 is 0 Å². The van der Waals surface area contributed by atoms with E-state index in [0.29, 0.717) is 6.04 Å². The number of rotatable bonds is 3. The van der Waals surface area contributed by atoms with Crippen molar-refractivity contribution in [2.24, 2.45) is 0 Å². The highest BCUT2D eigenvalue weighted by molar-refractivity contribution is 5.91. The molecule has 1 fully saturated rings. The Bertz CT molecular complexity index is 645. The molecule has 0 aliphatic carbocycles. The van der Waals surface area contributed by atoms with Crippen molar-refractivity contribution in [3.05, 3.63) is 24.5 Å². The van der Waals surface area contributed by atoms with Crippen LogP contribution in [0.4, 0.5) is 11.5 Å². The monoisotopic (exact) mass is 299 g/mol. The summed E-state index contributed by atoms with van der Waals surface area (Å²) < 4.78 is 0. The average Bonchev–Trinajstić information content (AvgIpc) is 2.53. The lowest BCUT2D eigenvalue weighted by Crippen LogP contribution is -2.48. The Morgan fingerprint density at radius 3 is 2.41 bits per heavy atom. The maximum Gasteiger partial charge on any atom is 0.139 e. The zero-order valence-electron chi connectivity index (χ0n) is 14.0. The molecule has 118 valence electrons. The Kier molecular flexibility index (Phi) is 4.16. The molecular formula is C17H25N5. The summed E-state index contributed by atoms with van der Waals surface area (Å²) in [5, 5.41) is 1.12. The first-order chi connectivity index (χ1) is 10.6. The standard InChI is InChI=1S/C17H25N5/c1-13(2)21-7-9-22(10-8-21)14-5-6-16-15(11-14)17(20(3)4)19-12-18-16/h5-6,11-13H,7-10H2,1-4H3. The lowest BCUT2D eigenvalue weighted by atomic mass is 10.1. The van der Waals surface area contributed by atoms with Crippen molar-refractivity contribution in [2.75, 3.05) is 50.1 Å². The van der Waals surface area contributed by atoms with Crippen molar-refractivity contribution in [1.82, 2.24) is 14.9 Å². The highest BCUT2D eigenvalue weighted by atomic mass is 15.3. The fourth-order valence-corrected chi connectivity index (χ4v) is 3.08. The van der Waals surface area contributed by atoms with Crippen LogP contribution in [0.2, 0.25) is 0 Å². The van der Waals surface area contributed by atoms with E-state index in [0.717, 1.165) is 42.9 Å². The average molecular weight is 299 g/mol. The highest BCUT2D eigenvalue weighted by Gasteiger charge is 2.19. The largest absolute Gasteiger partial charge is 0.369 e. The van der Waals surface area contributed by atoms with E-state index in [4.69, 9.17) is 0 Å². The number of aromatic nitrogens is 2. The maximum atomic E-state index is 4.42. The fraction of sp³-hybridized carbons (Fsp3) is 0.529. The summed E-state index contributed by atoms with van der Waals surface area (Å²) in [5.74, 6) is 0.979. The molecule has 0 saturated carbocycles. The van der Waals surface area contributed by atoms with Gasteiger partial charge in [0.25, 0.3) is 0 Å². The van der Waals surface area contributed by atoms with Crippen LogP contribution in [-0.2, 0) is 0 Å². The van der Waals surface area contributed by atoms with Gasteiger partial charge in [0.15, 0.2) is 0 Å². The summed E-state index contributed by atoms with van der Waals surface area (Å²) >= 11 is 0. The molecule has 0 N–H and O–H groups in total. The van der Waals surface area contributed by atoms with Crippen molar-refractivity contribution in [3.63, 3.8) is 0 Å². The van der Waals surface area contributed by atoms with Crippen LogP contribution < -0.4 is 9.80 Å². The zero-order valence-corrected chi connectivity index (χ0v) is 14.0. The SMILES string of the molecule is CC(C)N1CCN(c2ccc3ncnc(N(C)C)c3c2)CC1. The number of hydrogen-bond acceptors (Lipinski definition) is 5. The van der Waals surface area contributed by atoms with Crippen molar-refractivity contribution in [3.8, 4) is 0 Å². The predicted molar refractivity (Wildman–Crippen MR) is 92.8 cm³/mol. The summed E-state index contributed by atoms with van der Waals surface area (Å²) in [6.07, 6.45) is 1.64. The quantitative estimate of drug-likeness (QED) is 0.868. The second-order valence-electron chi connectivity index (χ2n) is 6.41. The van der Waals surface area contributed by atoms with Crippen LogP contribution in [0.25, 0.3) is 10.9 Å².